The van der Waals surface area contributed by atoms with Crippen LogP contribution in [0.3, 0.4) is 0 Å². The number of nitrogens with one attached hydrogen (secondary N) is 2. The highest BCUT2D eigenvalue weighted by molar-refractivity contribution is 7.89. The fourth-order valence-electron chi connectivity index (χ4n) is 5.55. The molecular formula is C32H31N5O5S2. The van der Waals surface area contributed by atoms with Crippen molar-refractivity contribution < 1.29 is 17.9 Å². The van der Waals surface area contributed by atoms with E-state index >= 15 is 0 Å². The normalized spacial score (nSPS) is 15.2. The van der Waals surface area contributed by atoms with Crippen LogP contribution in [-0.2, 0) is 22.0 Å². The van der Waals surface area contributed by atoms with E-state index in [9.17, 15) is 18.0 Å². The molecule has 1 amide bonds. The van der Waals surface area contributed by atoms with Crippen LogP contribution in [0, 0.1) is 6.92 Å². The van der Waals surface area contributed by atoms with Crippen molar-refractivity contribution in [3.05, 3.63) is 116 Å². The molecular weight excluding hydrogens is 599 g/mol. The smallest absolute Gasteiger partial charge is 0.322 e. The summed E-state index contributed by atoms with van der Waals surface area (Å²) in [6.07, 6.45) is 0.798. The molecule has 3 aromatic carbocycles. The molecule has 0 radical (unpaired) electrons. The Kier molecular flexibility index (Phi) is 8.30. The van der Waals surface area contributed by atoms with Gasteiger partial charge in [-0.3, -0.25) is 14.6 Å². The molecule has 0 bridgehead atoms. The molecule has 2 N–H and O–H groups in total. The number of rotatable bonds is 9. The summed E-state index contributed by atoms with van der Waals surface area (Å²) in [6, 6.07) is 25.2. The average Bonchev–Trinajstić information content (AvgIpc) is 3.50. The van der Waals surface area contributed by atoms with Crippen molar-refractivity contribution in [3.8, 4) is 5.75 Å². The van der Waals surface area contributed by atoms with Crippen molar-refractivity contribution in [2.24, 2.45) is 0 Å². The number of carbonyl (C=O) groups is 1. The summed E-state index contributed by atoms with van der Waals surface area (Å²) in [4.78, 5) is 29.7. The molecule has 12 heteroatoms. The van der Waals surface area contributed by atoms with Crippen molar-refractivity contribution in [3.63, 3.8) is 0 Å². The van der Waals surface area contributed by atoms with E-state index in [-0.39, 0.29) is 35.3 Å². The fraction of sp³-hybridized carbons (Fsp3) is 0.250. The second kappa shape index (κ2) is 12.3. The number of H-pyrrole nitrogens is 1. The quantitative estimate of drug-likeness (QED) is 0.247. The first-order valence-corrected chi connectivity index (χ1v) is 16.5. The third-order valence-corrected chi connectivity index (χ3v) is 10.9. The molecule has 0 unspecified atom stereocenters. The van der Waals surface area contributed by atoms with Gasteiger partial charge < -0.3 is 10.1 Å². The van der Waals surface area contributed by atoms with E-state index in [1.54, 1.807) is 54.6 Å². The van der Waals surface area contributed by atoms with Gasteiger partial charge in [-0.25, -0.2) is 13.5 Å². The number of pyridine rings is 1. The van der Waals surface area contributed by atoms with Gasteiger partial charge in [-0.2, -0.15) is 9.40 Å². The van der Waals surface area contributed by atoms with Gasteiger partial charge in [-0.15, -0.1) is 0 Å². The Bertz CT molecular complexity index is 1950. The Hall–Kier alpha value is -4.39. The molecule has 6 rings (SSSR count). The van der Waals surface area contributed by atoms with Crippen LogP contribution in [0.5, 0.6) is 5.75 Å². The van der Waals surface area contributed by atoms with Crippen LogP contribution in [0.2, 0.25) is 0 Å². The van der Waals surface area contributed by atoms with Crippen LogP contribution in [0.25, 0.3) is 10.9 Å². The Morgan fingerprint density at radius 3 is 2.43 bits per heavy atom. The van der Waals surface area contributed by atoms with Crippen molar-refractivity contribution in [1.82, 2.24) is 24.8 Å². The lowest BCUT2D eigenvalue weighted by Gasteiger charge is -2.39. The van der Waals surface area contributed by atoms with Crippen LogP contribution in [0.1, 0.15) is 39.5 Å². The van der Waals surface area contributed by atoms with Gasteiger partial charge in [-0.05, 0) is 68.3 Å². The zero-order chi connectivity index (χ0) is 30.7. The van der Waals surface area contributed by atoms with E-state index in [1.165, 1.54) is 4.31 Å². The van der Waals surface area contributed by atoms with Gasteiger partial charge in [0.15, 0.2) is 0 Å². The minimum atomic E-state index is -3.66. The lowest BCUT2D eigenvalue weighted by Crippen LogP contribution is -2.50. The second-order valence-electron chi connectivity index (χ2n) is 10.9. The summed E-state index contributed by atoms with van der Waals surface area (Å²) < 4.78 is 33.9. The van der Waals surface area contributed by atoms with Crippen LogP contribution < -0.4 is 14.9 Å². The van der Waals surface area contributed by atoms with Crippen LogP contribution >= 0.6 is 11.3 Å². The number of ether oxygens (including phenoxy) is 1. The van der Waals surface area contributed by atoms with E-state index in [1.807, 2.05) is 37.3 Å². The highest BCUT2D eigenvalue weighted by Gasteiger charge is 2.42. The van der Waals surface area contributed by atoms with E-state index in [2.05, 4.69) is 20.5 Å². The zero-order valence-electron chi connectivity index (χ0n) is 24.0. The van der Waals surface area contributed by atoms with Gasteiger partial charge in [0.2, 0.25) is 10.0 Å². The molecule has 5 aromatic rings. The maximum atomic E-state index is 13.2. The SMILES string of the molecule is Cc1cc(COc2ccc(C(=O)NCC3(c4n[nH]c(=O)s4)CCN(S(=O)(=O)c4ccccc4)CC3)cc2)c2ccccc2n1. The van der Waals surface area contributed by atoms with Gasteiger partial charge in [-0.1, -0.05) is 47.7 Å². The molecule has 1 aliphatic rings. The number of aromatic amines is 1. The molecule has 1 fully saturated rings. The number of carbonyl (C=O) groups excluding carboxylic acids is 1. The molecule has 0 aliphatic carbocycles. The summed E-state index contributed by atoms with van der Waals surface area (Å²) in [5.74, 6) is 0.346. The summed E-state index contributed by atoms with van der Waals surface area (Å²) in [6.45, 7) is 2.99. The molecule has 226 valence electrons. The molecule has 10 nitrogen and oxygen atoms in total. The number of amides is 1. The molecule has 44 heavy (non-hydrogen) atoms. The number of nitrogens with zero attached hydrogens (tertiary/aromatic N) is 3. The summed E-state index contributed by atoms with van der Waals surface area (Å²) in [7, 11) is -3.66. The average molecular weight is 630 g/mol. The number of hydrogen-bond acceptors (Lipinski definition) is 8. The molecule has 0 spiro atoms. The fourth-order valence-corrected chi connectivity index (χ4v) is 7.86. The highest BCUT2D eigenvalue weighted by Crippen LogP contribution is 2.37. The van der Waals surface area contributed by atoms with E-state index < -0.39 is 15.4 Å². The third-order valence-electron chi connectivity index (χ3n) is 7.98. The first kappa shape index (κ1) is 29.7. The maximum absolute atomic E-state index is 13.2. The third kappa shape index (κ3) is 6.14. The minimum absolute atomic E-state index is 0.207. The van der Waals surface area contributed by atoms with E-state index in [0.29, 0.717) is 35.8 Å². The largest absolute Gasteiger partial charge is 0.489 e. The molecule has 2 aromatic heterocycles. The van der Waals surface area contributed by atoms with Gasteiger partial charge in [0.05, 0.1) is 10.4 Å². The number of hydrogen-bond donors (Lipinski definition) is 2. The predicted molar refractivity (Wildman–Crippen MR) is 168 cm³/mol. The lowest BCUT2D eigenvalue weighted by molar-refractivity contribution is 0.0932. The van der Waals surface area contributed by atoms with Crippen molar-refractivity contribution >= 4 is 38.2 Å². The summed E-state index contributed by atoms with van der Waals surface area (Å²) in [5.41, 5.74) is 2.64. The number of benzene rings is 3. The first-order valence-electron chi connectivity index (χ1n) is 14.2. The zero-order valence-corrected chi connectivity index (χ0v) is 25.7. The lowest BCUT2D eigenvalue weighted by atomic mass is 9.79. The number of para-hydroxylation sites is 1. The number of piperidine rings is 1. The summed E-state index contributed by atoms with van der Waals surface area (Å²) in [5, 5.41) is 11.3. The topological polar surface area (TPSA) is 134 Å². The highest BCUT2D eigenvalue weighted by atomic mass is 32.2. The molecule has 0 saturated carbocycles. The molecule has 1 aliphatic heterocycles. The maximum Gasteiger partial charge on any atom is 0.322 e. The molecule has 0 atom stereocenters. The van der Waals surface area contributed by atoms with E-state index in [0.717, 1.165) is 33.5 Å². The predicted octanol–water partition coefficient (Wildman–Crippen LogP) is 4.42. The summed E-state index contributed by atoms with van der Waals surface area (Å²) >= 11 is 0.991. The Balaban J connectivity index is 1.12. The van der Waals surface area contributed by atoms with Crippen molar-refractivity contribution in [2.45, 2.75) is 36.7 Å². The Morgan fingerprint density at radius 2 is 1.73 bits per heavy atom. The van der Waals surface area contributed by atoms with Gasteiger partial charge in [0.25, 0.3) is 5.91 Å². The monoisotopic (exact) mass is 629 g/mol. The van der Waals surface area contributed by atoms with Crippen LogP contribution in [0.15, 0.2) is 94.6 Å². The second-order valence-corrected chi connectivity index (χ2v) is 13.8. The number of fused-ring (bicyclic) bond motifs is 1. The van der Waals surface area contributed by atoms with Crippen molar-refractivity contribution in [2.75, 3.05) is 19.6 Å². The van der Waals surface area contributed by atoms with E-state index in [4.69, 9.17) is 4.74 Å². The number of aromatic nitrogens is 3. The molecule has 1 saturated heterocycles. The minimum Gasteiger partial charge on any atom is -0.489 e. The number of sulfonamides is 1. The number of aryl methyl sites for hydroxylation is 1. The van der Waals surface area contributed by atoms with Crippen LogP contribution in [0.4, 0.5) is 0 Å². The Morgan fingerprint density at radius 1 is 1.02 bits per heavy atom. The van der Waals surface area contributed by atoms with Crippen LogP contribution in [-0.4, -0.2) is 53.4 Å². The standard InChI is InChI=1S/C32H31N5O5S2/c1-22-19-24(27-9-5-6-10-28(27)34-22)20-42-25-13-11-23(12-14-25)29(38)33-21-32(30-35-36-31(39)43-30)15-17-37(18-16-32)44(40,41)26-7-3-2-4-8-26/h2-14,19H,15-18,20-21H2,1H3,(H,33,38)(H,36,39). The van der Waals surface area contributed by atoms with Gasteiger partial charge in [0, 0.05) is 47.3 Å². The Labute approximate surface area is 258 Å². The van der Waals surface area contributed by atoms with Gasteiger partial charge >= 0.3 is 4.87 Å². The van der Waals surface area contributed by atoms with Gasteiger partial charge in [0.1, 0.15) is 17.4 Å². The molecule has 3 heterocycles. The first-order chi connectivity index (χ1) is 21.2. The van der Waals surface area contributed by atoms with Crippen molar-refractivity contribution in [1.29, 1.82) is 0 Å².